The molecular formula is C22H48O5. The number of carbonyl (C=O) groups excluding carboxylic acids is 1. The third-order valence-electron chi connectivity index (χ3n) is 3.62. The highest BCUT2D eigenvalue weighted by molar-refractivity contribution is 5.69. The molecule has 5 heteroatoms. The number of aliphatic hydroxyl groups is 3. The summed E-state index contributed by atoms with van der Waals surface area (Å²) in [5.41, 5.74) is 0. The summed E-state index contributed by atoms with van der Waals surface area (Å²) in [7, 11) is 0. The van der Waals surface area contributed by atoms with E-state index in [4.69, 9.17) is 20.1 Å². The van der Waals surface area contributed by atoms with Crippen LogP contribution < -0.4 is 0 Å². The molecule has 0 aromatic carbocycles. The van der Waals surface area contributed by atoms with Gasteiger partial charge in [0.1, 0.15) is 0 Å². The number of unbranched alkanes of at least 4 members (excludes halogenated alkanes) is 10. The molecule has 0 fully saturated rings. The second kappa shape index (κ2) is 27.6. The highest BCUT2D eigenvalue weighted by Crippen LogP contribution is 2.12. The quantitative estimate of drug-likeness (QED) is 0.286. The maximum Gasteiger partial charge on any atom is 0.306 e. The first-order valence-corrected chi connectivity index (χ1v) is 10.9. The number of ether oxygens (including phenoxy) is 1. The molecule has 0 aliphatic carbocycles. The standard InChI is InChI=1S/C17H34O2.C3H8O2.C2H6O/c1-4-5-6-7-8-9-10-11-12-13-14-15-17(18)19-16(2)3;1-3(5)2-4;1-2-3/h16H,4-15H2,1-3H3;3-5H,2H2,1H3;3H,2H2,1H3. The topological polar surface area (TPSA) is 87.0 Å². The summed E-state index contributed by atoms with van der Waals surface area (Å²) >= 11 is 0. The first kappa shape index (κ1) is 31.1. The molecule has 3 N–H and O–H groups in total. The van der Waals surface area contributed by atoms with Crippen molar-refractivity contribution in [3.63, 3.8) is 0 Å². The summed E-state index contributed by atoms with van der Waals surface area (Å²) in [5, 5.41) is 23.6. The molecule has 5 nitrogen and oxygen atoms in total. The van der Waals surface area contributed by atoms with Gasteiger partial charge in [-0.05, 0) is 34.1 Å². The SMILES string of the molecule is CC(O)CO.CCCCCCCCCCCCCC(=O)OC(C)C.CCO. The van der Waals surface area contributed by atoms with Gasteiger partial charge >= 0.3 is 5.97 Å². The van der Waals surface area contributed by atoms with Crippen molar-refractivity contribution in [2.24, 2.45) is 0 Å². The van der Waals surface area contributed by atoms with Gasteiger partial charge in [0.15, 0.2) is 0 Å². The highest BCUT2D eigenvalue weighted by Gasteiger charge is 2.04. The highest BCUT2D eigenvalue weighted by atomic mass is 16.5. The monoisotopic (exact) mass is 392 g/mol. The number of rotatable bonds is 14. The van der Waals surface area contributed by atoms with Crippen LogP contribution in [0.15, 0.2) is 0 Å². The molecule has 166 valence electrons. The van der Waals surface area contributed by atoms with Gasteiger partial charge in [0.25, 0.3) is 0 Å². The molecule has 0 amide bonds. The van der Waals surface area contributed by atoms with Crippen LogP contribution in [0.3, 0.4) is 0 Å². The van der Waals surface area contributed by atoms with Crippen molar-refractivity contribution in [3.8, 4) is 0 Å². The molecule has 0 radical (unpaired) electrons. The fraction of sp³-hybridized carbons (Fsp3) is 0.955. The molecule has 0 aliphatic heterocycles. The third kappa shape index (κ3) is 41.0. The molecule has 27 heavy (non-hydrogen) atoms. The Morgan fingerprint density at radius 1 is 0.778 bits per heavy atom. The minimum absolute atomic E-state index is 0.0280. The van der Waals surface area contributed by atoms with E-state index in [1.165, 1.54) is 71.1 Å². The van der Waals surface area contributed by atoms with Crippen LogP contribution in [0.5, 0.6) is 0 Å². The first-order chi connectivity index (χ1) is 12.8. The number of hydrogen-bond acceptors (Lipinski definition) is 5. The van der Waals surface area contributed by atoms with Gasteiger partial charge in [0, 0.05) is 13.0 Å². The minimum Gasteiger partial charge on any atom is -0.463 e. The van der Waals surface area contributed by atoms with Crippen LogP contribution in [0.2, 0.25) is 0 Å². The van der Waals surface area contributed by atoms with E-state index in [1.807, 2.05) is 13.8 Å². The summed E-state index contributed by atoms with van der Waals surface area (Å²) in [5.74, 6) is -0.0362. The maximum atomic E-state index is 11.3. The minimum atomic E-state index is -0.560. The summed E-state index contributed by atoms with van der Waals surface area (Å²) in [6, 6.07) is 0. The van der Waals surface area contributed by atoms with Gasteiger partial charge in [-0.15, -0.1) is 0 Å². The lowest BCUT2D eigenvalue weighted by Gasteiger charge is -2.07. The van der Waals surface area contributed by atoms with Crippen LogP contribution >= 0.6 is 0 Å². The molecule has 0 aliphatic rings. The van der Waals surface area contributed by atoms with Crippen molar-refractivity contribution in [3.05, 3.63) is 0 Å². The predicted octanol–water partition coefficient (Wildman–Crippen LogP) is 5.00. The van der Waals surface area contributed by atoms with Crippen molar-refractivity contribution in [1.82, 2.24) is 0 Å². The Balaban J connectivity index is -0.000000604. The summed E-state index contributed by atoms with van der Waals surface area (Å²) in [6.45, 7) is 9.38. The molecule has 1 atom stereocenters. The normalized spacial score (nSPS) is 11.1. The molecule has 0 aromatic heterocycles. The Bertz CT molecular complexity index is 267. The zero-order valence-corrected chi connectivity index (χ0v) is 18.7. The Labute approximate surface area is 168 Å². The van der Waals surface area contributed by atoms with Crippen molar-refractivity contribution in [1.29, 1.82) is 0 Å². The Kier molecular flexibility index (Phi) is 31.7. The van der Waals surface area contributed by atoms with E-state index in [2.05, 4.69) is 6.92 Å². The van der Waals surface area contributed by atoms with Gasteiger partial charge in [-0.2, -0.15) is 0 Å². The van der Waals surface area contributed by atoms with Crippen LogP contribution in [0.1, 0.15) is 112 Å². The van der Waals surface area contributed by atoms with Crippen molar-refractivity contribution >= 4 is 5.97 Å². The van der Waals surface area contributed by atoms with Crippen LogP contribution in [0.25, 0.3) is 0 Å². The fourth-order valence-corrected chi connectivity index (χ4v) is 2.26. The second-order valence-corrected chi connectivity index (χ2v) is 7.17. The van der Waals surface area contributed by atoms with E-state index in [0.717, 1.165) is 6.42 Å². The molecule has 0 heterocycles. The van der Waals surface area contributed by atoms with Gasteiger partial charge in [-0.1, -0.05) is 71.1 Å². The molecule has 0 saturated heterocycles. The van der Waals surface area contributed by atoms with E-state index in [-0.39, 0.29) is 25.3 Å². The molecular weight excluding hydrogens is 344 g/mol. The molecule has 0 aromatic rings. The molecule has 1 unspecified atom stereocenters. The zero-order valence-electron chi connectivity index (χ0n) is 18.7. The number of carbonyl (C=O) groups is 1. The summed E-state index contributed by atoms with van der Waals surface area (Å²) in [4.78, 5) is 11.3. The maximum absolute atomic E-state index is 11.3. The number of esters is 1. The lowest BCUT2D eigenvalue weighted by molar-refractivity contribution is -0.147. The number of aliphatic hydroxyl groups excluding tert-OH is 3. The Morgan fingerprint density at radius 2 is 1.11 bits per heavy atom. The average Bonchev–Trinajstić information content (AvgIpc) is 2.60. The Morgan fingerprint density at radius 3 is 1.41 bits per heavy atom. The Hall–Kier alpha value is -0.650. The molecule has 0 rings (SSSR count). The summed E-state index contributed by atoms with van der Waals surface area (Å²) < 4.78 is 5.10. The fourth-order valence-electron chi connectivity index (χ4n) is 2.26. The van der Waals surface area contributed by atoms with Gasteiger partial charge in [-0.3, -0.25) is 4.79 Å². The van der Waals surface area contributed by atoms with Crippen LogP contribution in [-0.4, -0.2) is 46.7 Å². The van der Waals surface area contributed by atoms with E-state index in [9.17, 15) is 4.79 Å². The lowest BCUT2D eigenvalue weighted by Crippen LogP contribution is -2.10. The molecule has 0 saturated carbocycles. The molecule has 0 spiro atoms. The van der Waals surface area contributed by atoms with Crippen LogP contribution in [-0.2, 0) is 9.53 Å². The van der Waals surface area contributed by atoms with E-state index in [0.29, 0.717) is 6.42 Å². The van der Waals surface area contributed by atoms with Crippen molar-refractivity contribution in [2.45, 2.75) is 124 Å². The van der Waals surface area contributed by atoms with E-state index < -0.39 is 6.10 Å². The largest absolute Gasteiger partial charge is 0.463 e. The van der Waals surface area contributed by atoms with Crippen molar-refractivity contribution < 1.29 is 24.9 Å². The van der Waals surface area contributed by atoms with Crippen LogP contribution in [0, 0.1) is 0 Å². The van der Waals surface area contributed by atoms with E-state index >= 15 is 0 Å². The first-order valence-electron chi connectivity index (χ1n) is 10.9. The van der Waals surface area contributed by atoms with E-state index in [1.54, 1.807) is 6.92 Å². The van der Waals surface area contributed by atoms with Gasteiger partial charge in [0.2, 0.25) is 0 Å². The van der Waals surface area contributed by atoms with Crippen LogP contribution in [0.4, 0.5) is 0 Å². The summed E-state index contributed by atoms with van der Waals surface area (Å²) in [6.07, 6.45) is 14.5. The zero-order chi connectivity index (χ0) is 21.3. The van der Waals surface area contributed by atoms with Gasteiger partial charge in [-0.25, -0.2) is 0 Å². The smallest absolute Gasteiger partial charge is 0.306 e. The number of hydrogen-bond donors (Lipinski definition) is 3. The second-order valence-electron chi connectivity index (χ2n) is 7.17. The molecule has 0 bridgehead atoms. The van der Waals surface area contributed by atoms with Gasteiger partial charge in [0.05, 0.1) is 18.8 Å². The lowest BCUT2D eigenvalue weighted by atomic mass is 10.1. The van der Waals surface area contributed by atoms with Gasteiger partial charge < -0.3 is 20.1 Å². The average molecular weight is 393 g/mol. The predicted molar refractivity (Wildman–Crippen MR) is 114 cm³/mol. The van der Waals surface area contributed by atoms with Crippen molar-refractivity contribution in [2.75, 3.05) is 13.2 Å². The third-order valence-corrected chi connectivity index (χ3v) is 3.62.